The number of hydrogen-bond donors (Lipinski definition) is 2. The molecule has 0 radical (unpaired) electrons. The molecule has 1 fully saturated rings. The molecule has 7 nitrogen and oxygen atoms in total. The van der Waals surface area contributed by atoms with Gasteiger partial charge in [-0.2, -0.15) is 0 Å². The van der Waals surface area contributed by atoms with Gasteiger partial charge < -0.3 is 16.0 Å². The Kier molecular flexibility index (Phi) is 5.69. The number of nitrogens with one attached hydrogen (secondary N) is 1. The van der Waals surface area contributed by atoms with Crippen molar-refractivity contribution in [2.24, 2.45) is 10.7 Å². The Morgan fingerprint density at radius 1 is 1.28 bits per heavy atom. The van der Waals surface area contributed by atoms with Crippen LogP contribution in [0.3, 0.4) is 0 Å². The van der Waals surface area contributed by atoms with Crippen LogP contribution in [-0.4, -0.2) is 52.2 Å². The van der Waals surface area contributed by atoms with Crippen LogP contribution in [0.2, 0.25) is 0 Å². The van der Waals surface area contributed by atoms with Gasteiger partial charge in [0.1, 0.15) is 10.7 Å². The molecule has 1 aliphatic carbocycles. The Morgan fingerprint density at radius 2 is 2.07 bits per heavy atom. The molecule has 0 atom stereocenters. The van der Waals surface area contributed by atoms with Crippen molar-refractivity contribution in [1.29, 1.82) is 0 Å². The molecule has 29 heavy (non-hydrogen) atoms. The summed E-state index contributed by atoms with van der Waals surface area (Å²) in [6.07, 6.45) is 7.42. The summed E-state index contributed by atoms with van der Waals surface area (Å²) < 4.78 is 1.79. The Labute approximate surface area is 174 Å². The number of anilines is 1. The molecule has 8 heteroatoms. The van der Waals surface area contributed by atoms with E-state index < -0.39 is 0 Å². The van der Waals surface area contributed by atoms with Gasteiger partial charge in [0.15, 0.2) is 5.82 Å². The fraction of sp³-hybridized carbons (Fsp3) is 0.381. The van der Waals surface area contributed by atoms with Crippen LogP contribution in [-0.2, 0) is 4.79 Å². The number of aromatic nitrogens is 2. The highest BCUT2D eigenvalue weighted by atomic mass is 35.5. The molecule has 0 bridgehead atoms. The number of pyridine rings is 1. The number of carbonyl (C=O) groups is 1. The van der Waals surface area contributed by atoms with Gasteiger partial charge in [-0.05, 0) is 51.1 Å². The van der Waals surface area contributed by atoms with Gasteiger partial charge in [-0.1, -0.05) is 24.1 Å². The molecule has 2 aromatic rings. The molecule has 0 unspecified atom stereocenters. The number of rotatable bonds is 5. The van der Waals surface area contributed by atoms with Gasteiger partial charge in [0.2, 0.25) is 5.78 Å². The maximum atomic E-state index is 12.0. The normalized spacial score (nSPS) is 19.9. The van der Waals surface area contributed by atoms with E-state index in [1.165, 1.54) is 19.3 Å². The quantitative estimate of drug-likeness (QED) is 0.736. The molecule has 2 aromatic heterocycles. The van der Waals surface area contributed by atoms with E-state index in [9.17, 15) is 4.79 Å². The predicted octanol–water partition coefficient (Wildman–Crippen LogP) is 3.24. The molecule has 0 aromatic carbocycles. The first kappa shape index (κ1) is 19.7. The number of Topliss-reactive ketones (excluding diaryl/α,β-unsaturated/α-hetero) is 1. The second kappa shape index (κ2) is 8.39. The second-order valence-electron chi connectivity index (χ2n) is 7.44. The highest BCUT2D eigenvalue weighted by Crippen LogP contribution is 2.31. The molecule has 152 valence electrons. The summed E-state index contributed by atoms with van der Waals surface area (Å²) in [7, 11) is 0. The molecule has 1 aliphatic heterocycles. The third kappa shape index (κ3) is 4.06. The van der Waals surface area contributed by atoms with Gasteiger partial charge in [-0.25, -0.2) is 9.51 Å². The van der Waals surface area contributed by atoms with E-state index in [0.717, 1.165) is 31.7 Å². The smallest absolute Gasteiger partial charge is 0.202 e. The summed E-state index contributed by atoms with van der Waals surface area (Å²) in [5.74, 6) is 0.426. The molecule has 4 rings (SSSR count). The number of carbonyl (C=O) groups excluding carboxylic acids is 1. The zero-order chi connectivity index (χ0) is 20.4. The van der Waals surface area contributed by atoms with Crippen LogP contribution >= 0.6 is 11.6 Å². The number of allylic oxidation sites excluding steroid dienone is 3. The topological polar surface area (TPSA) is 88.0 Å². The van der Waals surface area contributed by atoms with E-state index in [2.05, 4.69) is 15.3 Å². The molecule has 0 saturated carbocycles. The molecule has 1 saturated heterocycles. The summed E-state index contributed by atoms with van der Waals surface area (Å²) in [6, 6.07) is 5.81. The number of likely N-dealkylation sites (tertiary alicyclic amines) is 1. The van der Waals surface area contributed by atoms with Crippen molar-refractivity contribution in [2.75, 3.05) is 31.5 Å². The Balaban J connectivity index is 1.64. The highest BCUT2D eigenvalue weighted by molar-refractivity contribution is 6.49. The van der Waals surface area contributed by atoms with E-state index >= 15 is 0 Å². The van der Waals surface area contributed by atoms with Crippen LogP contribution in [0.5, 0.6) is 0 Å². The number of nitrogens with two attached hydrogens (primary N) is 1. The van der Waals surface area contributed by atoms with E-state index in [0.29, 0.717) is 22.8 Å². The summed E-state index contributed by atoms with van der Waals surface area (Å²) in [5.41, 5.74) is 8.80. The van der Waals surface area contributed by atoms with Gasteiger partial charge in [0.05, 0.1) is 16.9 Å². The van der Waals surface area contributed by atoms with Gasteiger partial charge >= 0.3 is 0 Å². The van der Waals surface area contributed by atoms with E-state index in [-0.39, 0.29) is 16.5 Å². The number of aliphatic imine (C=N–C) groups is 1. The van der Waals surface area contributed by atoms with Crippen LogP contribution in [0.15, 0.2) is 51.8 Å². The molecular formula is C21H25ClN6O. The van der Waals surface area contributed by atoms with Crippen molar-refractivity contribution in [3.8, 4) is 0 Å². The van der Waals surface area contributed by atoms with Crippen molar-refractivity contribution >= 4 is 40.1 Å². The second-order valence-corrected chi connectivity index (χ2v) is 7.82. The monoisotopic (exact) mass is 412 g/mol. The Hall–Kier alpha value is -2.64. The zero-order valence-electron chi connectivity index (χ0n) is 16.5. The number of piperidine rings is 1. The molecule has 2 aliphatic rings. The van der Waals surface area contributed by atoms with Crippen molar-refractivity contribution in [1.82, 2.24) is 14.5 Å². The van der Waals surface area contributed by atoms with Crippen LogP contribution in [0.25, 0.3) is 5.52 Å². The summed E-state index contributed by atoms with van der Waals surface area (Å²) >= 11 is 6.12. The van der Waals surface area contributed by atoms with Gasteiger partial charge in [-0.3, -0.25) is 4.79 Å². The van der Waals surface area contributed by atoms with Crippen molar-refractivity contribution in [3.05, 3.63) is 46.8 Å². The van der Waals surface area contributed by atoms with Gasteiger partial charge in [0.25, 0.3) is 0 Å². The first-order valence-corrected chi connectivity index (χ1v) is 10.3. The molecule has 3 N–H and O–H groups in total. The van der Waals surface area contributed by atoms with Crippen LogP contribution in [0, 0.1) is 0 Å². The molecule has 0 spiro atoms. The number of ketones is 1. The first-order valence-electron chi connectivity index (χ1n) is 9.95. The zero-order valence-corrected chi connectivity index (χ0v) is 17.2. The number of hydrogen-bond acceptors (Lipinski definition) is 6. The lowest BCUT2D eigenvalue weighted by Crippen LogP contribution is -2.33. The maximum Gasteiger partial charge on any atom is 0.202 e. The number of nitrogens with zero attached hydrogens (tertiary/aromatic N) is 4. The van der Waals surface area contributed by atoms with E-state index in [1.807, 2.05) is 24.4 Å². The van der Waals surface area contributed by atoms with Crippen LogP contribution in [0.4, 0.5) is 11.5 Å². The highest BCUT2D eigenvalue weighted by Gasteiger charge is 2.23. The average Bonchev–Trinajstić information content (AvgIpc) is 3.08. The van der Waals surface area contributed by atoms with E-state index in [4.69, 9.17) is 22.3 Å². The SMILES string of the molecule is CC1=C/C(=N\c2c(NCCN3CCCCC3)nn3ccccc23)C(N)=C(Cl)C1=O. The van der Waals surface area contributed by atoms with Crippen molar-refractivity contribution in [2.45, 2.75) is 26.2 Å². The van der Waals surface area contributed by atoms with E-state index in [1.54, 1.807) is 17.5 Å². The van der Waals surface area contributed by atoms with Crippen molar-refractivity contribution in [3.63, 3.8) is 0 Å². The number of halogens is 1. The Bertz CT molecular complexity index is 1030. The summed E-state index contributed by atoms with van der Waals surface area (Å²) in [4.78, 5) is 19.2. The fourth-order valence-corrected chi connectivity index (χ4v) is 3.95. The lowest BCUT2D eigenvalue weighted by molar-refractivity contribution is -0.111. The predicted molar refractivity (Wildman–Crippen MR) is 117 cm³/mol. The standard InChI is InChI=1S/C21H25ClN6O/c1-14-13-15(18(23)17(22)20(14)29)25-19-16-7-3-6-11-28(16)26-21(19)24-8-12-27-9-4-2-5-10-27/h3,6-7,11,13H,2,4-5,8-10,12,23H2,1H3,(H,24,26)/b25-15+. The van der Waals surface area contributed by atoms with Crippen LogP contribution < -0.4 is 11.1 Å². The minimum atomic E-state index is -0.261. The fourth-order valence-electron chi connectivity index (χ4n) is 3.70. The van der Waals surface area contributed by atoms with Crippen LogP contribution in [0.1, 0.15) is 26.2 Å². The largest absolute Gasteiger partial charge is 0.396 e. The molecule has 0 amide bonds. The molecular weight excluding hydrogens is 388 g/mol. The Morgan fingerprint density at radius 3 is 2.86 bits per heavy atom. The lowest BCUT2D eigenvalue weighted by Gasteiger charge is -2.26. The number of fused-ring (bicyclic) bond motifs is 1. The molecule has 3 heterocycles. The third-order valence-electron chi connectivity index (χ3n) is 5.34. The maximum absolute atomic E-state index is 12.0. The van der Waals surface area contributed by atoms with Gasteiger partial charge in [-0.15, -0.1) is 5.10 Å². The van der Waals surface area contributed by atoms with Crippen molar-refractivity contribution < 1.29 is 4.79 Å². The average molecular weight is 413 g/mol. The first-order chi connectivity index (χ1) is 14.0. The third-order valence-corrected chi connectivity index (χ3v) is 5.71. The minimum absolute atomic E-state index is 0.0137. The summed E-state index contributed by atoms with van der Waals surface area (Å²) in [5, 5.41) is 8.08. The minimum Gasteiger partial charge on any atom is -0.396 e. The lowest BCUT2D eigenvalue weighted by atomic mass is 10.0. The summed E-state index contributed by atoms with van der Waals surface area (Å²) in [6.45, 7) is 5.76. The van der Waals surface area contributed by atoms with Gasteiger partial charge in [0, 0.05) is 24.9 Å².